The molecule has 0 spiro atoms. The molecule has 0 aromatic carbocycles. The summed E-state index contributed by atoms with van der Waals surface area (Å²) in [5, 5.41) is 8.24. The first kappa shape index (κ1) is 15.8. The van der Waals surface area contributed by atoms with Crippen LogP contribution in [-0.4, -0.2) is 16.3 Å². The largest absolute Gasteiger partial charge is 0.469 e. The number of nitrogens with zero attached hydrogens (tertiary/aromatic N) is 2. The van der Waals surface area contributed by atoms with Gasteiger partial charge in [0.25, 0.3) is 0 Å². The second-order valence-corrected chi connectivity index (χ2v) is 5.26. The van der Waals surface area contributed by atoms with Crippen LogP contribution >= 0.6 is 0 Å². The highest BCUT2D eigenvalue weighted by molar-refractivity contribution is 5.24. The molecule has 1 unspecified atom stereocenters. The summed E-state index contributed by atoms with van der Waals surface area (Å²) in [5.41, 5.74) is 3.75. The zero-order valence-corrected chi connectivity index (χ0v) is 13.6. The summed E-state index contributed by atoms with van der Waals surface area (Å²) in [4.78, 5) is 0. The van der Waals surface area contributed by atoms with E-state index in [1.807, 2.05) is 0 Å². The molecule has 0 aliphatic carbocycles. The molecule has 0 saturated carbocycles. The Morgan fingerprint density at radius 1 is 1.24 bits per heavy atom. The highest BCUT2D eigenvalue weighted by atomic mass is 16.3. The van der Waals surface area contributed by atoms with Gasteiger partial charge in [-0.15, -0.1) is 0 Å². The first-order valence-corrected chi connectivity index (χ1v) is 8.08. The molecule has 0 fully saturated rings. The number of likely N-dealkylation sites (N-methyl/N-ethyl adjacent to an activating group) is 1. The van der Waals surface area contributed by atoms with E-state index < -0.39 is 0 Å². The predicted molar refractivity (Wildman–Crippen MR) is 85.5 cm³/mol. The third-order valence-electron chi connectivity index (χ3n) is 3.92. The number of furan rings is 1. The summed E-state index contributed by atoms with van der Waals surface area (Å²) in [6.07, 6.45) is 4.66. The molecule has 0 aliphatic heterocycles. The molecule has 21 heavy (non-hydrogen) atoms. The van der Waals surface area contributed by atoms with Crippen molar-refractivity contribution >= 4 is 0 Å². The Bertz CT molecular complexity index is 556. The third-order valence-corrected chi connectivity index (χ3v) is 3.92. The zero-order valence-electron chi connectivity index (χ0n) is 13.6. The van der Waals surface area contributed by atoms with Gasteiger partial charge >= 0.3 is 0 Å². The van der Waals surface area contributed by atoms with Crippen molar-refractivity contribution in [2.75, 3.05) is 6.54 Å². The Labute approximate surface area is 127 Å². The van der Waals surface area contributed by atoms with Crippen molar-refractivity contribution < 1.29 is 4.42 Å². The van der Waals surface area contributed by atoms with Crippen molar-refractivity contribution in [1.82, 2.24) is 15.1 Å². The Kier molecular flexibility index (Phi) is 5.62. The molecule has 1 atom stereocenters. The maximum Gasteiger partial charge on any atom is 0.108 e. The van der Waals surface area contributed by atoms with Crippen LogP contribution < -0.4 is 5.32 Å². The minimum absolute atomic E-state index is 0.287. The minimum Gasteiger partial charge on any atom is -0.469 e. The van der Waals surface area contributed by atoms with Crippen molar-refractivity contribution in [2.45, 2.75) is 59.5 Å². The molecule has 4 nitrogen and oxygen atoms in total. The van der Waals surface area contributed by atoms with Gasteiger partial charge in [-0.05, 0) is 32.0 Å². The molecule has 0 aliphatic rings. The van der Waals surface area contributed by atoms with Gasteiger partial charge in [-0.2, -0.15) is 5.10 Å². The van der Waals surface area contributed by atoms with Gasteiger partial charge in [0, 0.05) is 36.7 Å². The van der Waals surface area contributed by atoms with Crippen LogP contribution in [0.5, 0.6) is 0 Å². The number of aryl methyl sites for hydroxylation is 3. The number of hydrogen-bond donors (Lipinski definition) is 1. The van der Waals surface area contributed by atoms with Crippen LogP contribution in [0.2, 0.25) is 0 Å². The average Bonchev–Trinajstić information content (AvgIpc) is 3.12. The SMILES string of the molecule is CCNC(Cc1cc(CC)nn1CC)c1ccoc1CC. The van der Waals surface area contributed by atoms with Crippen molar-refractivity contribution in [1.29, 1.82) is 0 Å². The normalized spacial score (nSPS) is 12.8. The van der Waals surface area contributed by atoms with Crippen molar-refractivity contribution in [2.24, 2.45) is 0 Å². The number of nitrogens with one attached hydrogen (secondary N) is 1. The van der Waals surface area contributed by atoms with E-state index in [4.69, 9.17) is 4.42 Å². The van der Waals surface area contributed by atoms with Gasteiger partial charge in [-0.3, -0.25) is 4.68 Å². The van der Waals surface area contributed by atoms with E-state index in [1.165, 1.54) is 17.0 Å². The maximum atomic E-state index is 5.60. The lowest BCUT2D eigenvalue weighted by atomic mass is 10.0. The lowest BCUT2D eigenvalue weighted by Gasteiger charge is -2.18. The molecule has 0 amide bonds. The fraction of sp³-hybridized carbons (Fsp3) is 0.588. The molecular weight excluding hydrogens is 262 g/mol. The van der Waals surface area contributed by atoms with Gasteiger partial charge < -0.3 is 9.73 Å². The van der Waals surface area contributed by atoms with E-state index in [-0.39, 0.29) is 6.04 Å². The van der Waals surface area contributed by atoms with Gasteiger partial charge in [0.15, 0.2) is 0 Å². The first-order valence-electron chi connectivity index (χ1n) is 8.08. The molecule has 0 saturated heterocycles. The summed E-state index contributed by atoms with van der Waals surface area (Å²) in [6, 6.07) is 4.62. The average molecular weight is 289 g/mol. The fourth-order valence-corrected chi connectivity index (χ4v) is 2.82. The number of rotatable bonds is 8. The Hall–Kier alpha value is -1.55. The Morgan fingerprint density at radius 2 is 2.05 bits per heavy atom. The van der Waals surface area contributed by atoms with Gasteiger partial charge in [-0.25, -0.2) is 0 Å². The van der Waals surface area contributed by atoms with Crippen molar-refractivity contribution in [3.63, 3.8) is 0 Å². The summed E-state index contributed by atoms with van der Waals surface area (Å²) in [5.74, 6) is 1.08. The standard InChI is InChI=1S/C17H27N3O/c1-5-13-11-14(20(8-4)19-13)12-16(18-7-3)15-9-10-21-17(15)6-2/h9-11,16,18H,5-8,12H2,1-4H3. The van der Waals surface area contributed by atoms with Gasteiger partial charge in [0.05, 0.1) is 12.0 Å². The molecule has 4 heteroatoms. The van der Waals surface area contributed by atoms with Crippen LogP contribution in [0.25, 0.3) is 0 Å². The van der Waals surface area contributed by atoms with Crippen LogP contribution in [0.4, 0.5) is 0 Å². The third kappa shape index (κ3) is 3.56. The molecular formula is C17H27N3O. The van der Waals surface area contributed by atoms with E-state index in [0.717, 1.165) is 38.1 Å². The lowest BCUT2D eigenvalue weighted by molar-refractivity contribution is 0.478. The summed E-state index contributed by atoms with van der Waals surface area (Å²) >= 11 is 0. The molecule has 2 heterocycles. The quantitative estimate of drug-likeness (QED) is 0.808. The second kappa shape index (κ2) is 7.46. The van der Waals surface area contributed by atoms with Crippen molar-refractivity contribution in [3.05, 3.63) is 41.1 Å². The topological polar surface area (TPSA) is 43.0 Å². The molecule has 2 rings (SSSR count). The van der Waals surface area contributed by atoms with E-state index >= 15 is 0 Å². The van der Waals surface area contributed by atoms with Gasteiger partial charge in [0.2, 0.25) is 0 Å². The van der Waals surface area contributed by atoms with Gasteiger partial charge in [0.1, 0.15) is 5.76 Å². The smallest absolute Gasteiger partial charge is 0.108 e. The van der Waals surface area contributed by atoms with Crippen LogP contribution in [0, 0.1) is 0 Å². The highest BCUT2D eigenvalue weighted by Gasteiger charge is 2.19. The van der Waals surface area contributed by atoms with Crippen LogP contribution in [-0.2, 0) is 25.8 Å². The van der Waals surface area contributed by atoms with E-state index in [9.17, 15) is 0 Å². The van der Waals surface area contributed by atoms with E-state index in [2.05, 4.69) is 54.9 Å². The van der Waals surface area contributed by atoms with Crippen LogP contribution in [0.1, 0.15) is 56.4 Å². The monoisotopic (exact) mass is 289 g/mol. The van der Waals surface area contributed by atoms with Gasteiger partial charge in [-0.1, -0.05) is 20.8 Å². The number of aromatic nitrogens is 2. The molecule has 0 radical (unpaired) electrons. The fourth-order valence-electron chi connectivity index (χ4n) is 2.82. The predicted octanol–water partition coefficient (Wildman–Crippen LogP) is 3.51. The lowest BCUT2D eigenvalue weighted by Crippen LogP contribution is -2.24. The second-order valence-electron chi connectivity index (χ2n) is 5.26. The first-order chi connectivity index (χ1) is 10.2. The molecule has 116 valence electrons. The summed E-state index contributed by atoms with van der Waals surface area (Å²) < 4.78 is 7.72. The molecule has 1 N–H and O–H groups in total. The van der Waals surface area contributed by atoms with E-state index in [0.29, 0.717) is 0 Å². The van der Waals surface area contributed by atoms with E-state index in [1.54, 1.807) is 6.26 Å². The van der Waals surface area contributed by atoms with Crippen molar-refractivity contribution in [3.8, 4) is 0 Å². The summed E-state index contributed by atoms with van der Waals surface area (Å²) in [7, 11) is 0. The summed E-state index contributed by atoms with van der Waals surface area (Å²) in [6.45, 7) is 10.4. The Balaban J connectivity index is 2.26. The molecule has 2 aromatic heterocycles. The number of hydrogen-bond acceptors (Lipinski definition) is 3. The molecule has 2 aromatic rings. The van der Waals surface area contributed by atoms with Crippen LogP contribution in [0.15, 0.2) is 22.8 Å². The van der Waals surface area contributed by atoms with Crippen LogP contribution in [0.3, 0.4) is 0 Å². The minimum atomic E-state index is 0.287. The highest BCUT2D eigenvalue weighted by Crippen LogP contribution is 2.24. The maximum absolute atomic E-state index is 5.60. The molecule has 0 bridgehead atoms. The zero-order chi connectivity index (χ0) is 15.2. The Morgan fingerprint density at radius 3 is 2.67 bits per heavy atom.